The third kappa shape index (κ3) is 1.80. The molecule has 0 amide bonds. The summed E-state index contributed by atoms with van der Waals surface area (Å²) >= 11 is 0. The van der Waals surface area contributed by atoms with Gasteiger partial charge < -0.3 is 20.9 Å². The molecule has 0 bridgehead atoms. The molecule has 4 N–H and O–H groups in total. The van der Waals surface area contributed by atoms with Crippen molar-refractivity contribution >= 4 is 17.0 Å². The molecule has 2 aromatic rings. The normalized spacial score (nSPS) is 24.5. The van der Waals surface area contributed by atoms with E-state index in [1.165, 1.54) is 6.33 Å². The maximum Gasteiger partial charge on any atom is 0.167 e. The lowest BCUT2D eigenvalue weighted by Gasteiger charge is -2.30. The molecule has 1 aliphatic heterocycles. The number of hydrogen-bond donors (Lipinski definition) is 3. The largest absolute Gasteiger partial charge is 0.394 e. The molecule has 1 unspecified atom stereocenters. The molecule has 96 valence electrons. The number of ether oxygens (including phenoxy) is 1. The minimum Gasteiger partial charge on any atom is -0.394 e. The predicted octanol–water partition coefficient (Wildman–Crippen LogP) is -1.11. The number of nitrogens with one attached hydrogen (secondary N) is 1. The lowest BCUT2D eigenvalue weighted by molar-refractivity contribution is -0.0933. The fraction of sp³-hybridized carbons (Fsp3) is 0.500. The zero-order chi connectivity index (χ0) is 12.5. The molecule has 18 heavy (non-hydrogen) atoms. The van der Waals surface area contributed by atoms with Gasteiger partial charge in [-0.25, -0.2) is 15.0 Å². The highest BCUT2D eigenvalue weighted by molar-refractivity contribution is 5.81. The van der Waals surface area contributed by atoms with Crippen molar-refractivity contribution in [1.29, 1.82) is 0 Å². The van der Waals surface area contributed by atoms with E-state index in [4.69, 9.17) is 15.6 Å². The Kier molecular flexibility index (Phi) is 2.82. The van der Waals surface area contributed by atoms with Crippen LogP contribution in [0.3, 0.4) is 0 Å². The molecule has 1 fully saturated rings. The number of rotatable bonds is 2. The van der Waals surface area contributed by atoms with Crippen LogP contribution in [0.15, 0.2) is 12.7 Å². The quantitative estimate of drug-likeness (QED) is 0.619. The molecule has 0 radical (unpaired) electrons. The van der Waals surface area contributed by atoms with Crippen molar-refractivity contribution in [1.82, 2.24) is 24.8 Å². The van der Waals surface area contributed by atoms with E-state index in [2.05, 4.69) is 20.3 Å². The maximum absolute atomic E-state index is 9.13. The van der Waals surface area contributed by atoms with Crippen molar-refractivity contribution in [3.8, 4) is 0 Å². The smallest absolute Gasteiger partial charge is 0.167 e. The molecule has 1 aliphatic rings. The number of fused-ring (bicyclic) bond motifs is 1. The van der Waals surface area contributed by atoms with Crippen molar-refractivity contribution in [2.45, 2.75) is 12.3 Å². The van der Waals surface area contributed by atoms with Gasteiger partial charge in [0.15, 0.2) is 11.5 Å². The molecule has 2 atom stereocenters. The Labute approximate surface area is 103 Å². The second-order valence-electron chi connectivity index (χ2n) is 4.14. The molecular weight excluding hydrogens is 236 g/mol. The number of imidazole rings is 1. The van der Waals surface area contributed by atoms with Gasteiger partial charge in [-0.1, -0.05) is 0 Å². The fourth-order valence-electron chi connectivity index (χ4n) is 2.04. The topological polar surface area (TPSA) is 111 Å². The molecule has 2 aromatic heterocycles. The van der Waals surface area contributed by atoms with Crippen LogP contribution in [0.4, 0.5) is 5.82 Å². The number of nitrogens with zero attached hydrogens (tertiary/aromatic N) is 4. The Morgan fingerprint density at radius 3 is 3.17 bits per heavy atom. The zero-order valence-corrected chi connectivity index (χ0v) is 9.65. The first-order valence-electron chi connectivity index (χ1n) is 5.69. The van der Waals surface area contributed by atoms with Gasteiger partial charge in [-0.15, -0.1) is 0 Å². The van der Waals surface area contributed by atoms with Gasteiger partial charge in [0, 0.05) is 13.1 Å². The molecule has 8 nitrogen and oxygen atoms in total. The monoisotopic (exact) mass is 250 g/mol. The highest BCUT2D eigenvalue weighted by Crippen LogP contribution is 2.21. The van der Waals surface area contributed by atoms with Gasteiger partial charge in [0.05, 0.1) is 19.0 Å². The Morgan fingerprint density at radius 2 is 2.33 bits per heavy atom. The van der Waals surface area contributed by atoms with E-state index in [0.717, 1.165) is 0 Å². The van der Waals surface area contributed by atoms with Gasteiger partial charge in [-0.05, 0) is 0 Å². The number of aliphatic hydroxyl groups excluding tert-OH is 1. The Hall–Kier alpha value is -1.77. The lowest BCUT2D eigenvalue weighted by atomic mass is 10.3. The summed E-state index contributed by atoms with van der Waals surface area (Å²) < 4.78 is 7.53. The first-order valence-corrected chi connectivity index (χ1v) is 5.69. The highest BCUT2D eigenvalue weighted by atomic mass is 16.5. The van der Waals surface area contributed by atoms with Crippen molar-refractivity contribution < 1.29 is 9.84 Å². The van der Waals surface area contributed by atoms with Gasteiger partial charge >= 0.3 is 0 Å². The standard InChI is InChI=1S/C10H14N6O2/c11-9-8-10(14-4-13-9)16(5-15-8)7-2-12-1-6(3-17)18-7/h4-7,12,17H,1-3H2,(H2,11,13,14)/t6?,7-/m1/s1. The molecule has 3 rings (SSSR count). The van der Waals surface area contributed by atoms with Gasteiger partial charge in [0.2, 0.25) is 0 Å². The van der Waals surface area contributed by atoms with Crippen LogP contribution >= 0.6 is 0 Å². The minimum absolute atomic E-state index is 0.0206. The number of aromatic nitrogens is 4. The van der Waals surface area contributed by atoms with Crippen molar-refractivity contribution in [2.24, 2.45) is 0 Å². The van der Waals surface area contributed by atoms with Crippen LogP contribution < -0.4 is 11.1 Å². The Bertz CT molecular complexity index is 556. The molecule has 0 aromatic carbocycles. The lowest BCUT2D eigenvalue weighted by Crippen LogP contribution is -2.44. The van der Waals surface area contributed by atoms with Crippen LogP contribution in [-0.2, 0) is 4.74 Å². The Balaban J connectivity index is 1.96. The average Bonchev–Trinajstić information content (AvgIpc) is 2.84. The summed E-state index contributed by atoms with van der Waals surface area (Å²) in [6, 6.07) is 0. The zero-order valence-electron chi connectivity index (χ0n) is 9.65. The summed E-state index contributed by atoms with van der Waals surface area (Å²) in [4.78, 5) is 12.2. The third-order valence-corrected chi connectivity index (χ3v) is 2.94. The SMILES string of the molecule is Nc1ncnc2c1ncn2[C@H]1CNCC(CO)O1. The van der Waals surface area contributed by atoms with E-state index < -0.39 is 0 Å². The number of nitrogens with two attached hydrogens (primary N) is 1. The van der Waals surface area contributed by atoms with Crippen LogP contribution in [0.5, 0.6) is 0 Å². The summed E-state index contributed by atoms with van der Waals surface area (Å²) in [6.45, 7) is 1.25. The molecule has 0 spiro atoms. The molecule has 8 heteroatoms. The second kappa shape index (κ2) is 4.48. The first kappa shape index (κ1) is 11.3. The van der Waals surface area contributed by atoms with Gasteiger partial charge in [-0.2, -0.15) is 0 Å². The maximum atomic E-state index is 9.13. The van der Waals surface area contributed by atoms with Crippen LogP contribution in [0.25, 0.3) is 11.2 Å². The first-order chi connectivity index (χ1) is 8.79. The number of aliphatic hydroxyl groups is 1. The molecular formula is C10H14N6O2. The summed E-state index contributed by atoms with van der Waals surface area (Å²) in [5.74, 6) is 0.348. The number of hydrogen-bond acceptors (Lipinski definition) is 7. The molecule has 1 saturated heterocycles. The van der Waals surface area contributed by atoms with Crippen molar-refractivity contribution in [2.75, 3.05) is 25.4 Å². The van der Waals surface area contributed by atoms with Crippen LogP contribution in [-0.4, -0.2) is 50.4 Å². The highest BCUT2D eigenvalue weighted by Gasteiger charge is 2.24. The second-order valence-corrected chi connectivity index (χ2v) is 4.14. The van der Waals surface area contributed by atoms with E-state index in [1.54, 1.807) is 10.9 Å². The van der Waals surface area contributed by atoms with Gasteiger partial charge in [0.25, 0.3) is 0 Å². The number of anilines is 1. The Morgan fingerprint density at radius 1 is 1.44 bits per heavy atom. The number of nitrogen functional groups attached to an aromatic ring is 1. The molecule has 0 saturated carbocycles. The summed E-state index contributed by atoms with van der Waals surface area (Å²) in [7, 11) is 0. The number of morpholine rings is 1. The van der Waals surface area contributed by atoms with Crippen LogP contribution in [0.1, 0.15) is 6.23 Å². The van der Waals surface area contributed by atoms with E-state index in [-0.39, 0.29) is 18.9 Å². The average molecular weight is 250 g/mol. The van der Waals surface area contributed by atoms with Gasteiger partial charge in [0.1, 0.15) is 18.1 Å². The minimum atomic E-state index is -0.254. The molecule has 3 heterocycles. The fourth-order valence-corrected chi connectivity index (χ4v) is 2.04. The van der Waals surface area contributed by atoms with Crippen molar-refractivity contribution in [3.05, 3.63) is 12.7 Å². The predicted molar refractivity (Wildman–Crippen MR) is 63.6 cm³/mol. The van der Waals surface area contributed by atoms with E-state index in [9.17, 15) is 0 Å². The van der Waals surface area contributed by atoms with Crippen LogP contribution in [0.2, 0.25) is 0 Å². The van der Waals surface area contributed by atoms with E-state index >= 15 is 0 Å². The molecule has 0 aliphatic carbocycles. The van der Waals surface area contributed by atoms with Crippen LogP contribution in [0, 0.1) is 0 Å². The summed E-state index contributed by atoms with van der Waals surface area (Å²) in [5, 5.41) is 12.3. The third-order valence-electron chi connectivity index (χ3n) is 2.94. The summed E-state index contributed by atoms with van der Waals surface area (Å²) in [5.41, 5.74) is 6.92. The van der Waals surface area contributed by atoms with Gasteiger partial charge in [-0.3, -0.25) is 4.57 Å². The van der Waals surface area contributed by atoms with E-state index in [0.29, 0.717) is 30.1 Å². The van der Waals surface area contributed by atoms with E-state index in [1.807, 2.05) is 0 Å². The summed E-state index contributed by atoms with van der Waals surface area (Å²) in [6.07, 6.45) is 2.55. The van der Waals surface area contributed by atoms with Crippen molar-refractivity contribution in [3.63, 3.8) is 0 Å².